The molecule has 1 saturated heterocycles. The van der Waals surface area contributed by atoms with E-state index in [4.69, 9.17) is 14.9 Å². The lowest BCUT2D eigenvalue weighted by Crippen LogP contribution is -2.53. The van der Waals surface area contributed by atoms with Crippen molar-refractivity contribution in [3.05, 3.63) is 53.0 Å². The van der Waals surface area contributed by atoms with Crippen LogP contribution < -0.4 is 5.32 Å². The number of likely N-dealkylation sites (tertiary alicyclic amines) is 1. The molecule has 166 valence electrons. The lowest BCUT2D eigenvalue weighted by atomic mass is 9.68. The molecule has 8 heteroatoms. The van der Waals surface area contributed by atoms with E-state index in [0.717, 1.165) is 5.57 Å². The summed E-state index contributed by atoms with van der Waals surface area (Å²) in [4.78, 5) is 27.1. The minimum atomic E-state index is -1.08. The number of halogens is 1. The highest BCUT2D eigenvalue weighted by Crippen LogP contribution is 2.46. The van der Waals surface area contributed by atoms with E-state index in [0.29, 0.717) is 29.9 Å². The van der Waals surface area contributed by atoms with Crippen molar-refractivity contribution >= 4 is 24.0 Å². The van der Waals surface area contributed by atoms with Crippen LogP contribution in [0.1, 0.15) is 33.6 Å². The van der Waals surface area contributed by atoms with E-state index in [1.165, 1.54) is 30.4 Å². The Bertz CT molecular complexity index is 947. The van der Waals surface area contributed by atoms with E-state index in [-0.39, 0.29) is 18.8 Å². The first-order valence-electron chi connectivity index (χ1n) is 10.1. The second-order valence-electron chi connectivity index (χ2n) is 8.79. The van der Waals surface area contributed by atoms with Crippen molar-refractivity contribution in [2.24, 2.45) is 5.41 Å². The number of carbonyl (C=O) groups excluding carboxylic acids is 2. The highest BCUT2D eigenvalue weighted by Gasteiger charge is 2.50. The first kappa shape index (κ1) is 22.5. The Labute approximate surface area is 181 Å². The third-order valence-electron chi connectivity index (χ3n) is 5.41. The molecular weight excluding hydrogens is 401 g/mol. The number of nitrogens with one attached hydrogen (secondary N) is 2. The number of rotatable bonds is 4. The largest absolute Gasteiger partial charge is 0.468 e. The van der Waals surface area contributed by atoms with Gasteiger partial charge in [-0.05, 0) is 75.1 Å². The summed E-state index contributed by atoms with van der Waals surface area (Å²) in [5.41, 5.74) is 1.03. The minimum Gasteiger partial charge on any atom is -0.468 e. The zero-order valence-electron chi connectivity index (χ0n) is 18.3. The van der Waals surface area contributed by atoms with Crippen LogP contribution in [0.3, 0.4) is 0 Å². The molecule has 1 atom stereocenters. The van der Waals surface area contributed by atoms with E-state index >= 15 is 0 Å². The van der Waals surface area contributed by atoms with Crippen LogP contribution in [0.2, 0.25) is 0 Å². The number of ether oxygens (including phenoxy) is 2. The molecule has 0 bridgehead atoms. The van der Waals surface area contributed by atoms with Crippen LogP contribution in [0.25, 0.3) is 0 Å². The van der Waals surface area contributed by atoms with Gasteiger partial charge in [-0.1, -0.05) is 0 Å². The molecule has 1 unspecified atom stereocenters. The Kier molecular flexibility index (Phi) is 6.20. The van der Waals surface area contributed by atoms with E-state index < -0.39 is 23.1 Å². The van der Waals surface area contributed by atoms with Gasteiger partial charge in [-0.25, -0.2) is 9.18 Å². The monoisotopic (exact) mass is 429 g/mol. The number of anilines is 1. The molecular formula is C23H28FN3O4. The molecule has 0 radical (unpaired) electrons. The van der Waals surface area contributed by atoms with Crippen molar-refractivity contribution in [1.29, 1.82) is 5.41 Å². The number of carbonyl (C=O) groups is 2. The molecule has 2 aliphatic rings. The van der Waals surface area contributed by atoms with Crippen molar-refractivity contribution in [2.75, 3.05) is 25.5 Å². The van der Waals surface area contributed by atoms with Crippen molar-refractivity contribution < 1.29 is 23.5 Å². The van der Waals surface area contributed by atoms with Crippen LogP contribution in [0.5, 0.6) is 0 Å². The van der Waals surface area contributed by atoms with Crippen LogP contribution in [0, 0.1) is 16.6 Å². The van der Waals surface area contributed by atoms with Gasteiger partial charge < -0.3 is 25.1 Å². The molecule has 1 aliphatic carbocycles. The summed E-state index contributed by atoms with van der Waals surface area (Å²) in [6.07, 6.45) is 3.23. The fraction of sp³-hybridized carbons (Fsp3) is 0.435. The second-order valence-corrected chi connectivity index (χ2v) is 8.79. The number of allylic oxidation sites excluding steroid dienone is 2. The van der Waals surface area contributed by atoms with Gasteiger partial charge in [-0.2, -0.15) is 0 Å². The molecule has 1 amide bonds. The van der Waals surface area contributed by atoms with E-state index in [1.807, 2.05) is 6.08 Å². The number of methoxy groups -OCH3 is 1. The van der Waals surface area contributed by atoms with Gasteiger partial charge in [0, 0.05) is 30.7 Å². The SMILES string of the molecule is COC(=O)C12CC(C=N)=C(Nc3ccc(F)cc3)C=C1CCN(C(=O)OC(C)(C)C)C2. The Morgan fingerprint density at radius 3 is 2.52 bits per heavy atom. The Hall–Kier alpha value is -3.16. The maximum Gasteiger partial charge on any atom is 0.410 e. The summed E-state index contributed by atoms with van der Waals surface area (Å²) in [6.45, 7) is 5.89. The molecule has 2 N–H and O–H groups in total. The summed E-state index contributed by atoms with van der Waals surface area (Å²) in [5, 5.41) is 11.1. The van der Waals surface area contributed by atoms with E-state index in [1.54, 1.807) is 32.9 Å². The number of nitrogens with zero attached hydrogens (tertiary/aromatic N) is 1. The van der Waals surface area contributed by atoms with E-state index in [9.17, 15) is 14.0 Å². The number of hydrogen-bond donors (Lipinski definition) is 2. The topological polar surface area (TPSA) is 91.7 Å². The summed E-state index contributed by atoms with van der Waals surface area (Å²) in [5.74, 6) is -0.791. The molecule has 0 spiro atoms. The van der Waals surface area contributed by atoms with Gasteiger partial charge in [-0.3, -0.25) is 4.79 Å². The predicted molar refractivity (Wildman–Crippen MR) is 115 cm³/mol. The van der Waals surface area contributed by atoms with Crippen molar-refractivity contribution in [3.8, 4) is 0 Å². The first-order valence-corrected chi connectivity index (χ1v) is 10.1. The van der Waals surface area contributed by atoms with Gasteiger partial charge in [-0.15, -0.1) is 0 Å². The van der Waals surface area contributed by atoms with Crippen LogP contribution in [-0.2, 0) is 14.3 Å². The Balaban J connectivity index is 1.93. The standard InChI is InChI=1S/C23H28FN3O4/c1-22(2,3)31-21(29)27-10-9-16-11-19(26-18-7-5-17(24)6-8-18)15(13-25)12-23(16,14-27)20(28)30-4/h5-8,11,13,25-26H,9-10,12,14H2,1-4H3. The molecule has 1 heterocycles. The zero-order valence-corrected chi connectivity index (χ0v) is 18.3. The highest BCUT2D eigenvalue weighted by atomic mass is 19.1. The molecule has 3 rings (SSSR count). The van der Waals surface area contributed by atoms with Crippen LogP contribution in [0.15, 0.2) is 47.2 Å². The van der Waals surface area contributed by atoms with Gasteiger partial charge in [0.15, 0.2) is 0 Å². The maximum atomic E-state index is 13.2. The smallest absolute Gasteiger partial charge is 0.410 e. The fourth-order valence-electron chi connectivity index (χ4n) is 3.95. The average molecular weight is 429 g/mol. The number of benzene rings is 1. The van der Waals surface area contributed by atoms with Crippen LogP contribution in [0.4, 0.5) is 14.9 Å². The quantitative estimate of drug-likeness (QED) is 0.551. The van der Waals surface area contributed by atoms with Crippen molar-refractivity contribution in [1.82, 2.24) is 4.90 Å². The second kappa shape index (κ2) is 8.53. The maximum absolute atomic E-state index is 13.2. The lowest BCUT2D eigenvalue weighted by molar-refractivity contribution is -0.152. The predicted octanol–water partition coefficient (Wildman–Crippen LogP) is 4.27. The van der Waals surface area contributed by atoms with Crippen molar-refractivity contribution in [3.63, 3.8) is 0 Å². The zero-order chi connectivity index (χ0) is 22.8. The fourth-order valence-corrected chi connectivity index (χ4v) is 3.95. The van der Waals surface area contributed by atoms with E-state index in [2.05, 4.69) is 5.32 Å². The number of esters is 1. The third-order valence-corrected chi connectivity index (χ3v) is 5.41. The summed E-state index contributed by atoms with van der Waals surface area (Å²) < 4.78 is 23.8. The number of hydrogen-bond acceptors (Lipinski definition) is 6. The number of fused-ring (bicyclic) bond motifs is 1. The van der Waals surface area contributed by atoms with Gasteiger partial charge in [0.2, 0.25) is 0 Å². The van der Waals surface area contributed by atoms with Crippen molar-refractivity contribution in [2.45, 2.75) is 39.2 Å². The summed E-state index contributed by atoms with van der Waals surface area (Å²) in [6, 6.07) is 5.91. The van der Waals surface area contributed by atoms with Gasteiger partial charge in [0.25, 0.3) is 0 Å². The molecule has 7 nitrogen and oxygen atoms in total. The summed E-state index contributed by atoms with van der Waals surface area (Å²) >= 11 is 0. The number of piperidine rings is 1. The first-order chi connectivity index (χ1) is 14.6. The molecule has 0 saturated carbocycles. The molecule has 1 fully saturated rings. The lowest BCUT2D eigenvalue weighted by Gasteiger charge is -2.45. The van der Waals surface area contributed by atoms with Gasteiger partial charge >= 0.3 is 12.1 Å². The average Bonchev–Trinajstić information content (AvgIpc) is 2.72. The summed E-state index contributed by atoms with van der Waals surface area (Å²) in [7, 11) is 1.32. The third kappa shape index (κ3) is 4.78. The molecule has 0 aromatic heterocycles. The molecule has 31 heavy (non-hydrogen) atoms. The molecule has 1 aromatic carbocycles. The van der Waals surface area contributed by atoms with Crippen LogP contribution >= 0.6 is 0 Å². The van der Waals surface area contributed by atoms with Gasteiger partial charge in [0.05, 0.1) is 7.11 Å². The molecule has 1 aliphatic heterocycles. The van der Waals surface area contributed by atoms with Crippen LogP contribution in [-0.4, -0.2) is 49.0 Å². The number of amides is 1. The Morgan fingerprint density at radius 2 is 1.94 bits per heavy atom. The molecule has 1 aromatic rings. The normalized spacial score (nSPS) is 21.1. The van der Waals surface area contributed by atoms with Gasteiger partial charge in [0.1, 0.15) is 16.8 Å². The minimum absolute atomic E-state index is 0.113. The highest BCUT2D eigenvalue weighted by molar-refractivity contribution is 5.89. The Morgan fingerprint density at radius 1 is 1.26 bits per heavy atom.